The Kier molecular flexibility index (Phi) is 3.12. The van der Waals surface area contributed by atoms with Gasteiger partial charge >= 0.3 is 0 Å². The number of hydrogen-bond donors (Lipinski definition) is 2. The summed E-state index contributed by atoms with van der Waals surface area (Å²) >= 11 is 0. The highest BCUT2D eigenvalue weighted by molar-refractivity contribution is 5.96. The minimum absolute atomic E-state index is 0.0760. The first-order valence-electron chi connectivity index (χ1n) is 5.68. The number of benzene rings is 1. The average molecular weight is 259 g/mol. The lowest BCUT2D eigenvalue weighted by Gasteiger charge is -2.13. The molecule has 0 saturated heterocycles. The van der Waals surface area contributed by atoms with Gasteiger partial charge < -0.3 is 10.2 Å². The van der Waals surface area contributed by atoms with Gasteiger partial charge in [-0.1, -0.05) is 12.1 Å². The molecule has 98 valence electrons. The summed E-state index contributed by atoms with van der Waals surface area (Å²) in [5.74, 6) is -0.943. The predicted molar refractivity (Wildman–Crippen MR) is 70.1 cm³/mol. The number of aromatic nitrogens is 1. The molecule has 0 aliphatic rings. The Morgan fingerprint density at radius 2 is 1.79 bits per heavy atom. The van der Waals surface area contributed by atoms with Crippen LogP contribution >= 0.6 is 0 Å². The van der Waals surface area contributed by atoms with Gasteiger partial charge in [-0.3, -0.25) is 14.2 Å². The zero-order chi connectivity index (χ0) is 14.2. The second-order valence-corrected chi connectivity index (χ2v) is 4.23. The molecule has 0 bridgehead atoms. The first-order valence-corrected chi connectivity index (χ1v) is 5.68. The second kappa shape index (κ2) is 4.61. The minimum Gasteiger partial charge on any atom is -0.507 e. The van der Waals surface area contributed by atoms with E-state index in [1.807, 2.05) is 0 Å². The SMILES string of the molecule is CC(=O)c1c(O)cc(C)n(-c2ccccc2O)c1=O. The number of pyridine rings is 1. The Hall–Kier alpha value is -2.56. The van der Waals surface area contributed by atoms with E-state index in [-0.39, 0.29) is 22.7 Å². The Labute approximate surface area is 109 Å². The summed E-state index contributed by atoms with van der Waals surface area (Å²) in [6.45, 7) is 2.82. The molecule has 1 aromatic heterocycles. The molecule has 1 aromatic carbocycles. The molecule has 0 atom stereocenters. The number of phenols is 1. The third-order valence-electron chi connectivity index (χ3n) is 2.85. The van der Waals surface area contributed by atoms with E-state index >= 15 is 0 Å². The fourth-order valence-corrected chi connectivity index (χ4v) is 2.00. The van der Waals surface area contributed by atoms with E-state index in [1.54, 1.807) is 25.1 Å². The monoisotopic (exact) mass is 259 g/mol. The van der Waals surface area contributed by atoms with Gasteiger partial charge in [-0.25, -0.2) is 0 Å². The highest BCUT2D eigenvalue weighted by Gasteiger charge is 2.18. The van der Waals surface area contributed by atoms with Crippen molar-refractivity contribution in [1.29, 1.82) is 0 Å². The summed E-state index contributed by atoms with van der Waals surface area (Å²) in [4.78, 5) is 23.7. The number of hydrogen-bond acceptors (Lipinski definition) is 4. The predicted octanol–water partition coefficient (Wildman–Crippen LogP) is 1.76. The highest BCUT2D eigenvalue weighted by atomic mass is 16.3. The molecule has 0 saturated carbocycles. The van der Waals surface area contributed by atoms with Crippen LogP contribution in [0.2, 0.25) is 0 Å². The number of carbonyl (C=O) groups is 1. The van der Waals surface area contributed by atoms with E-state index in [1.165, 1.54) is 23.6 Å². The molecule has 1 heterocycles. The van der Waals surface area contributed by atoms with Crippen molar-refractivity contribution in [1.82, 2.24) is 4.57 Å². The Balaban J connectivity index is 2.86. The molecule has 0 fully saturated rings. The molecule has 0 spiro atoms. The summed E-state index contributed by atoms with van der Waals surface area (Å²) in [6, 6.07) is 7.63. The molecule has 5 heteroatoms. The van der Waals surface area contributed by atoms with Crippen LogP contribution in [-0.4, -0.2) is 20.6 Å². The molecule has 2 aromatic rings. The quantitative estimate of drug-likeness (QED) is 0.805. The van der Waals surface area contributed by atoms with Crippen molar-refractivity contribution in [2.45, 2.75) is 13.8 Å². The third kappa shape index (κ3) is 2.10. The van der Waals surface area contributed by atoms with Crippen LogP contribution < -0.4 is 5.56 Å². The molecule has 2 rings (SSSR count). The smallest absolute Gasteiger partial charge is 0.270 e. The lowest BCUT2D eigenvalue weighted by molar-refractivity contribution is 0.101. The number of ketones is 1. The zero-order valence-electron chi connectivity index (χ0n) is 10.5. The largest absolute Gasteiger partial charge is 0.507 e. The minimum atomic E-state index is -0.647. The Morgan fingerprint density at radius 3 is 2.37 bits per heavy atom. The second-order valence-electron chi connectivity index (χ2n) is 4.23. The van der Waals surface area contributed by atoms with Crippen molar-refractivity contribution in [2.75, 3.05) is 0 Å². The van der Waals surface area contributed by atoms with Crippen LogP contribution in [-0.2, 0) is 0 Å². The first kappa shape index (κ1) is 12.9. The standard InChI is InChI=1S/C14H13NO4/c1-8-7-12(18)13(9(2)16)14(19)15(8)10-5-3-4-6-11(10)17/h3-7,17-18H,1-2H3. The average Bonchev–Trinajstić information content (AvgIpc) is 2.30. The number of nitrogens with zero attached hydrogens (tertiary/aromatic N) is 1. The lowest BCUT2D eigenvalue weighted by Crippen LogP contribution is -2.26. The first-order chi connectivity index (χ1) is 8.93. The summed E-state index contributed by atoms with van der Waals surface area (Å²) in [5, 5.41) is 19.5. The van der Waals surface area contributed by atoms with Crippen molar-refractivity contribution in [3.8, 4) is 17.2 Å². The molecule has 0 radical (unpaired) electrons. The Morgan fingerprint density at radius 1 is 1.16 bits per heavy atom. The van der Waals surface area contributed by atoms with Gasteiger partial charge in [-0.05, 0) is 26.0 Å². The van der Waals surface area contributed by atoms with Gasteiger partial charge in [-0.15, -0.1) is 0 Å². The summed E-state index contributed by atoms with van der Waals surface area (Å²) in [5.41, 5.74) is -0.234. The van der Waals surface area contributed by atoms with Gasteiger partial charge in [0.05, 0.1) is 5.69 Å². The fraction of sp³-hybridized carbons (Fsp3) is 0.143. The molecule has 0 amide bonds. The number of phenolic OH excluding ortho intramolecular Hbond substituents is 1. The zero-order valence-corrected chi connectivity index (χ0v) is 10.5. The number of aromatic hydroxyl groups is 2. The van der Waals surface area contributed by atoms with E-state index in [0.717, 1.165) is 0 Å². The number of carbonyl (C=O) groups excluding carboxylic acids is 1. The normalized spacial score (nSPS) is 10.4. The van der Waals surface area contributed by atoms with Crippen LogP contribution in [0.5, 0.6) is 11.5 Å². The van der Waals surface area contributed by atoms with Crippen LogP contribution in [0.3, 0.4) is 0 Å². The lowest BCUT2D eigenvalue weighted by atomic mass is 10.1. The van der Waals surface area contributed by atoms with Gasteiger partial charge in [0.2, 0.25) is 0 Å². The van der Waals surface area contributed by atoms with E-state index in [4.69, 9.17) is 0 Å². The third-order valence-corrected chi connectivity index (χ3v) is 2.85. The van der Waals surface area contributed by atoms with Crippen LogP contribution in [0.15, 0.2) is 35.1 Å². The maximum Gasteiger partial charge on any atom is 0.270 e. The molecular weight excluding hydrogens is 246 g/mol. The maximum absolute atomic E-state index is 12.3. The van der Waals surface area contributed by atoms with Crippen molar-refractivity contribution >= 4 is 5.78 Å². The van der Waals surface area contributed by atoms with E-state index in [9.17, 15) is 19.8 Å². The molecule has 0 aliphatic heterocycles. The summed E-state index contributed by atoms with van der Waals surface area (Å²) in [7, 11) is 0. The Bertz CT molecular complexity index is 716. The molecule has 19 heavy (non-hydrogen) atoms. The van der Waals surface area contributed by atoms with Crippen LogP contribution in [0.4, 0.5) is 0 Å². The summed E-state index contributed by atoms with van der Waals surface area (Å²) < 4.78 is 1.20. The fourth-order valence-electron chi connectivity index (χ4n) is 2.00. The number of rotatable bonds is 2. The molecular formula is C14H13NO4. The maximum atomic E-state index is 12.3. The molecule has 5 nitrogen and oxygen atoms in total. The van der Waals surface area contributed by atoms with Crippen molar-refractivity contribution in [2.24, 2.45) is 0 Å². The number of aryl methyl sites for hydroxylation is 1. The van der Waals surface area contributed by atoms with E-state index in [0.29, 0.717) is 5.69 Å². The van der Waals surface area contributed by atoms with Gasteiger partial charge in [0.1, 0.15) is 17.1 Å². The summed E-state index contributed by atoms with van der Waals surface area (Å²) in [6.07, 6.45) is 0. The van der Waals surface area contributed by atoms with Gasteiger partial charge in [0, 0.05) is 11.8 Å². The highest BCUT2D eigenvalue weighted by Crippen LogP contribution is 2.23. The molecule has 0 unspecified atom stereocenters. The van der Waals surface area contributed by atoms with Crippen LogP contribution in [0.25, 0.3) is 5.69 Å². The number of para-hydroxylation sites is 2. The van der Waals surface area contributed by atoms with Crippen LogP contribution in [0, 0.1) is 6.92 Å². The van der Waals surface area contributed by atoms with Gasteiger partial charge in [0.25, 0.3) is 5.56 Å². The van der Waals surface area contributed by atoms with E-state index < -0.39 is 11.3 Å². The van der Waals surface area contributed by atoms with Gasteiger partial charge in [-0.2, -0.15) is 0 Å². The number of Topliss-reactive ketones (excluding diaryl/α,β-unsaturated/α-hetero) is 1. The topological polar surface area (TPSA) is 79.5 Å². The van der Waals surface area contributed by atoms with Crippen molar-refractivity contribution in [3.63, 3.8) is 0 Å². The van der Waals surface area contributed by atoms with Gasteiger partial charge in [0.15, 0.2) is 5.78 Å². The molecule has 2 N–H and O–H groups in total. The van der Waals surface area contributed by atoms with Crippen molar-refractivity contribution < 1.29 is 15.0 Å². The van der Waals surface area contributed by atoms with Crippen molar-refractivity contribution in [3.05, 3.63) is 51.9 Å². The van der Waals surface area contributed by atoms with E-state index in [2.05, 4.69) is 0 Å². The van der Waals surface area contributed by atoms with Crippen LogP contribution in [0.1, 0.15) is 23.0 Å². The molecule has 0 aliphatic carbocycles.